The zero-order chi connectivity index (χ0) is 14.5. The molecular weight excluding hydrogens is 252 g/mol. The second kappa shape index (κ2) is 7.09. The summed E-state index contributed by atoms with van der Waals surface area (Å²) in [6.45, 7) is 10.5. The van der Waals surface area contributed by atoms with Crippen molar-refractivity contribution >= 4 is 5.69 Å². The van der Waals surface area contributed by atoms with Crippen molar-refractivity contribution in [3.05, 3.63) is 12.4 Å². The Morgan fingerprint density at radius 3 is 2.95 bits per heavy atom. The van der Waals surface area contributed by atoms with Gasteiger partial charge in [-0.15, -0.1) is 0 Å². The minimum atomic E-state index is 0.535. The summed E-state index contributed by atoms with van der Waals surface area (Å²) in [5, 5.41) is 8.03. The van der Waals surface area contributed by atoms with Crippen LogP contribution in [0.15, 0.2) is 12.4 Å². The van der Waals surface area contributed by atoms with Crippen LogP contribution < -0.4 is 10.2 Å². The molecular formula is C15H28N4O. The van der Waals surface area contributed by atoms with Crippen molar-refractivity contribution in [2.24, 2.45) is 5.92 Å². The van der Waals surface area contributed by atoms with E-state index < -0.39 is 0 Å². The number of ether oxygens (including phenoxy) is 1. The van der Waals surface area contributed by atoms with Crippen molar-refractivity contribution in [3.63, 3.8) is 0 Å². The monoisotopic (exact) mass is 280 g/mol. The molecule has 114 valence electrons. The largest absolute Gasteiger partial charge is 0.383 e. The maximum atomic E-state index is 5.10. The molecule has 0 saturated carbocycles. The summed E-state index contributed by atoms with van der Waals surface area (Å²) in [6, 6.07) is 1.17. The van der Waals surface area contributed by atoms with E-state index in [2.05, 4.69) is 42.3 Å². The SMILES string of the molecule is CCNC1CCN(c2cnn(CCOC)c2)C(C)C1C. The highest BCUT2D eigenvalue weighted by molar-refractivity contribution is 5.44. The Kier molecular flexibility index (Phi) is 5.43. The second-order valence-electron chi connectivity index (χ2n) is 5.70. The maximum Gasteiger partial charge on any atom is 0.0755 e. The van der Waals surface area contributed by atoms with Gasteiger partial charge in [0.25, 0.3) is 0 Å². The predicted octanol–water partition coefficient (Wildman–Crippen LogP) is 1.74. The average Bonchev–Trinajstić information content (AvgIpc) is 2.90. The standard InChI is InChI=1S/C15H28N4O/c1-5-16-15-6-7-19(13(3)12(15)2)14-10-17-18(11-14)8-9-20-4/h10-13,15-16H,5-9H2,1-4H3. The molecule has 1 aromatic heterocycles. The molecule has 0 aromatic carbocycles. The normalized spacial score (nSPS) is 27.0. The van der Waals surface area contributed by atoms with Gasteiger partial charge >= 0.3 is 0 Å². The summed E-state index contributed by atoms with van der Waals surface area (Å²) in [4.78, 5) is 2.48. The highest BCUT2D eigenvalue weighted by Crippen LogP contribution is 2.28. The van der Waals surface area contributed by atoms with Gasteiger partial charge in [0.2, 0.25) is 0 Å². The summed E-state index contributed by atoms with van der Waals surface area (Å²) >= 11 is 0. The lowest BCUT2D eigenvalue weighted by molar-refractivity contribution is 0.183. The molecule has 1 N–H and O–H groups in total. The van der Waals surface area contributed by atoms with Gasteiger partial charge in [-0.2, -0.15) is 5.10 Å². The first kappa shape index (κ1) is 15.3. The molecule has 1 fully saturated rings. The van der Waals surface area contributed by atoms with Crippen molar-refractivity contribution in [1.29, 1.82) is 0 Å². The third-order valence-corrected chi connectivity index (χ3v) is 4.51. The Morgan fingerprint density at radius 2 is 2.25 bits per heavy atom. The van der Waals surface area contributed by atoms with Crippen LogP contribution in [0.25, 0.3) is 0 Å². The second-order valence-corrected chi connectivity index (χ2v) is 5.70. The van der Waals surface area contributed by atoms with Crippen LogP contribution in [0.5, 0.6) is 0 Å². The Balaban J connectivity index is 2.00. The topological polar surface area (TPSA) is 42.3 Å². The van der Waals surface area contributed by atoms with Crippen molar-refractivity contribution in [3.8, 4) is 0 Å². The molecule has 0 radical (unpaired) electrons. The molecule has 0 aliphatic carbocycles. The summed E-state index contributed by atoms with van der Waals surface area (Å²) in [5.41, 5.74) is 1.23. The van der Waals surface area contributed by atoms with Crippen LogP contribution in [0.1, 0.15) is 27.2 Å². The van der Waals surface area contributed by atoms with Crippen LogP contribution in [-0.4, -0.2) is 48.7 Å². The van der Waals surface area contributed by atoms with Crippen LogP contribution in [0.4, 0.5) is 5.69 Å². The van der Waals surface area contributed by atoms with Crippen LogP contribution in [0, 0.1) is 5.92 Å². The van der Waals surface area contributed by atoms with E-state index in [1.165, 1.54) is 12.1 Å². The lowest BCUT2D eigenvalue weighted by Crippen LogP contribution is -2.53. The first-order valence-corrected chi connectivity index (χ1v) is 7.68. The number of anilines is 1. The van der Waals surface area contributed by atoms with Crippen LogP contribution in [0.3, 0.4) is 0 Å². The number of hydrogen-bond acceptors (Lipinski definition) is 4. The number of piperidine rings is 1. The van der Waals surface area contributed by atoms with Gasteiger partial charge < -0.3 is 15.0 Å². The molecule has 0 amide bonds. The van der Waals surface area contributed by atoms with Crippen molar-refractivity contribution in [2.75, 3.05) is 31.7 Å². The van der Waals surface area contributed by atoms with E-state index in [0.717, 1.165) is 19.6 Å². The quantitative estimate of drug-likeness (QED) is 0.862. The third-order valence-electron chi connectivity index (χ3n) is 4.51. The summed E-state index contributed by atoms with van der Waals surface area (Å²) < 4.78 is 7.06. The smallest absolute Gasteiger partial charge is 0.0755 e. The Morgan fingerprint density at radius 1 is 1.45 bits per heavy atom. The number of hydrogen-bond donors (Lipinski definition) is 1. The summed E-state index contributed by atoms with van der Waals surface area (Å²) in [7, 11) is 1.72. The molecule has 3 unspecified atom stereocenters. The molecule has 1 aliphatic heterocycles. The highest BCUT2D eigenvalue weighted by atomic mass is 16.5. The van der Waals surface area contributed by atoms with Crippen LogP contribution >= 0.6 is 0 Å². The van der Waals surface area contributed by atoms with E-state index in [-0.39, 0.29) is 0 Å². The Bertz CT molecular complexity index is 406. The van der Waals surface area contributed by atoms with E-state index in [0.29, 0.717) is 24.6 Å². The van der Waals surface area contributed by atoms with Gasteiger partial charge in [-0.25, -0.2) is 0 Å². The molecule has 3 atom stereocenters. The van der Waals surface area contributed by atoms with Crippen LogP contribution in [-0.2, 0) is 11.3 Å². The zero-order valence-corrected chi connectivity index (χ0v) is 13.2. The minimum Gasteiger partial charge on any atom is -0.383 e. The zero-order valence-electron chi connectivity index (χ0n) is 13.2. The molecule has 2 heterocycles. The van der Waals surface area contributed by atoms with E-state index >= 15 is 0 Å². The number of methoxy groups -OCH3 is 1. The van der Waals surface area contributed by atoms with Gasteiger partial charge in [0.05, 0.1) is 25.0 Å². The van der Waals surface area contributed by atoms with E-state index in [1.807, 2.05) is 10.9 Å². The van der Waals surface area contributed by atoms with Gasteiger partial charge in [0, 0.05) is 31.9 Å². The molecule has 20 heavy (non-hydrogen) atoms. The molecule has 0 bridgehead atoms. The summed E-state index contributed by atoms with van der Waals surface area (Å²) in [5.74, 6) is 0.644. The van der Waals surface area contributed by atoms with Gasteiger partial charge in [-0.05, 0) is 25.8 Å². The van der Waals surface area contributed by atoms with Gasteiger partial charge in [-0.1, -0.05) is 13.8 Å². The van der Waals surface area contributed by atoms with Gasteiger partial charge in [0.1, 0.15) is 0 Å². The Labute approximate surface area is 122 Å². The molecule has 1 aliphatic rings. The first-order chi connectivity index (χ1) is 9.67. The lowest BCUT2D eigenvalue weighted by atomic mass is 9.87. The third kappa shape index (κ3) is 3.33. The highest BCUT2D eigenvalue weighted by Gasteiger charge is 2.32. The number of rotatable bonds is 6. The fraction of sp³-hybridized carbons (Fsp3) is 0.800. The molecule has 1 saturated heterocycles. The van der Waals surface area contributed by atoms with E-state index in [1.54, 1.807) is 7.11 Å². The molecule has 5 nitrogen and oxygen atoms in total. The van der Waals surface area contributed by atoms with Crippen molar-refractivity contribution in [2.45, 2.75) is 45.8 Å². The maximum absolute atomic E-state index is 5.10. The van der Waals surface area contributed by atoms with Gasteiger partial charge in [-0.3, -0.25) is 4.68 Å². The molecule has 1 aromatic rings. The van der Waals surface area contributed by atoms with Gasteiger partial charge in [0.15, 0.2) is 0 Å². The first-order valence-electron chi connectivity index (χ1n) is 7.68. The Hall–Kier alpha value is -1.07. The molecule has 0 spiro atoms. The lowest BCUT2D eigenvalue weighted by Gasteiger charge is -2.43. The van der Waals surface area contributed by atoms with Crippen LogP contribution in [0.2, 0.25) is 0 Å². The van der Waals surface area contributed by atoms with E-state index in [9.17, 15) is 0 Å². The number of nitrogens with one attached hydrogen (secondary N) is 1. The molecule has 2 rings (SSSR count). The number of nitrogens with zero attached hydrogens (tertiary/aromatic N) is 3. The van der Waals surface area contributed by atoms with Crippen molar-refractivity contribution in [1.82, 2.24) is 15.1 Å². The predicted molar refractivity (Wildman–Crippen MR) is 82.2 cm³/mol. The van der Waals surface area contributed by atoms with E-state index in [4.69, 9.17) is 4.74 Å². The fourth-order valence-electron chi connectivity index (χ4n) is 3.09. The average molecular weight is 280 g/mol. The summed E-state index contributed by atoms with van der Waals surface area (Å²) in [6.07, 6.45) is 5.31. The molecule has 5 heteroatoms. The number of aromatic nitrogens is 2. The van der Waals surface area contributed by atoms with Crippen molar-refractivity contribution < 1.29 is 4.74 Å². The minimum absolute atomic E-state index is 0.535. The fourth-order valence-corrected chi connectivity index (χ4v) is 3.09.